The van der Waals surface area contributed by atoms with Gasteiger partial charge in [0.05, 0.1) is 29.4 Å². The van der Waals surface area contributed by atoms with E-state index in [0.29, 0.717) is 24.1 Å². The van der Waals surface area contributed by atoms with E-state index in [1.165, 1.54) is 19.2 Å². The average Bonchev–Trinajstić information content (AvgIpc) is 2.97. The van der Waals surface area contributed by atoms with Crippen molar-refractivity contribution in [3.63, 3.8) is 0 Å². The molecule has 1 aliphatic rings. The monoisotopic (exact) mass is 401 g/mol. The van der Waals surface area contributed by atoms with Gasteiger partial charge < -0.3 is 14.3 Å². The van der Waals surface area contributed by atoms with E-state index >= 15 is 0 Å². The molecule has 1 aromatic carbocycles. The molecule has 8 heteroatoms. The molecule has 1 heterocycles. The van der Waals surface area contributed by atoms with Crippen molar-refractivity contribution < 1.29 is 32.3 Å². The number of halogens is 3. The van der Waals surface area contributed by atoms with E-state index in [1.54, 1.807) is 7.11 Å². The Morgan fingerprint density at radius 2 is 1.82 bits per heavy atom. The highest BCUT2D eigenvalue weighted by atomic mass is 19.4. The van der Waals surface area contributed by atoms with Gasteiger partial charge in [0.15, 0.2) is 0 Å². The Hall–Kier alpha value is -2.09. The van der Waals surface area contributed by atoms with E-state index in [1.807, 2.05) is 20.8 Å². The van der Waals surface area contributed by atoms with Crippen LogP contribution < -0.4 is 0 Å². The molecule has 0 aliphatic carbocycles. The molecule has 0 bridgehead atoms. The molecule has 0 aromatic heterocycles. The Morgan fingerprint density at radius 1 is 1.21 bits per heavy atom. The minimum Gasteiger partial charge on any atom is -0.466 e. The van der Waals surface area contributed by atoms with E-state index < -0.39 is 29.2 Å². The van der Waals surface area contributed by atoms with Crippen LogP contribution in [0.4, 0.5) is 13.2 Å². The van der Waals surface area contributed by atoms with Crippen LogP contribution in [0.2, 0.25) is 0 Å². The van der Waals surface area contributed by atoms with Crippen molar-refractivity contribution in [1.29, 1.82) is 0 Å². The summed E-state index contributed by atoms with van der Waals surface area (Å²) in [5.41, 5.74) is -0.998. The van der Waals surface area contributed by atoms with Crippen molar-refractivity contribution in [3.05, 3.63) is 35.4 Å². The first-order valence-electron chi connectivity index (χ1n) is 8.99. The number of carbonyl (C=O) groups excluding carboxylic acids is 1. The van der Waals surface area contributed by atoms with Gasteiger partial charge in [0.1, 0.15) is 0 Å². The lowest BCUT2D eigenvalue weighted by atomic mass is 9.73. The van der Waals surface area contributed by atoms with Crippen molar-refractivity contribution >= 4 is 11.7 Å². The first-order chi connectivity index (χ1) is 12.9. The van der Waals surface area contributed by atoms with Crippen LogP contribution in [0.15, 0.2) is 29.4 Å². The highest BCUT2D eigenvalue weighted by Gasteiger charge is 2.51. The molecular formula is C20H26F3NO4. The molecular weight excluding hydrogens is 375 g/mol. The zero-order valence-corrected chi connectivity index (χ0v) is 16.7. The van der Waals surface area contributed by atoms with Gasteiger partial charge in [0, 0.05) is 12.7 Å². The number of ether oxygens (including phenoxy) is 2. The summed E-state index contributed by atoms with van der Waals surface area (Å²) in [5, 5.41) is 4.04. The summed E-state index contributed by atoms with van der Waals surface area (Å²) in [4.78, 5) is 17.6. The van der Waals surface area contributed by atoms with Crippen LogP contribution in [-0.2, 0) is 25.3 Å². The van der Waals surface area contributed by atoms with Crippen molar-refractivity contribution in [1.82, 2.24) is 0 Å². The van der Waals surface area contributed by atoms with Crippen LogP contribution in [-0.4, -0.2) is 37.6 Å². The number of benzene rings is 1. The number of alkyl halides is 3. The van der Waals surface area contributed by atoms with E-state index in [-0.39, 0.29) is 5.60 Å². The third-order valence-corrected chi connectivity index (χ3v) is 5.30. The number of esters is 1. The highest BCUT2D eigenvalue weighted by molar-refractivity contribution is 6.08. The summed E-state index contributed by atoms with van der Waals surface area (Å²) in [6, 6.07) is 4.69. The second-order valence-corrected chi connectivity index (χ2v) is 7.76. The molecule has 0 fully saturated rings. The molecule has 0 saturated carbocycles. The molecule has 1 aliphatic heterocycles. The van der Waals surface area contributed by atoms with Crippen molar-refractivity contribution in [2.45, 2.75) is 57.9 Å². The molecule has 0 amide bonds. The van der Waals surface area contributed by atoms with E-state index in [9.17, 15) is 18.0 Å². The molecule has 0 spiro atoms. The second-order valence-electron chi connectivity index (χ2n) is 7.76. The van der Waals surface area contributed by atoms with Crippen molar-refractivity contribution in [2.24, 2.45) is 10.6 Å². The minimum absolute atomic E-state index is 0.331. The topological polar surface area (TPSA) is 57.1 Å². The fourth-order valence-corrected chi connectivity index (χ4v) is 3.29. The maximum Gasteiger partial charge on any atom is 0.416 e. The van der Waals surface area contributed by atoms with Gasteiger partial charge >= 0.3 is 12.1 Å². The van der Waals surface area contributed by atoms with Crippen LogP contribution in [0.1, 0.15) is 51.2 Å². The first kappa shape index (κ1) is 22.2. The molecule has 2 unspecified atom stereocenters. The van der Waals surface area contributed by atoms with Gasteiger partial charge in [0.2, 0.25) is 6.10 Å². The summed E-state index contributed by atoms with van der Waals surface area (Å²) in [7, 11) is 2.89. The Labute approximate surface area is 162 Å². The summed E-state index contributed by atoms with van der Waals surface area (Å²) in [6.07, 6.45) is -3.42. The summed E-state index contributed by atoms with van der Waals surface area (Å²) in [6.45, 7) is 5.74. The number of rotatable bonds is 7. The number of oxime groups is 1. The van der Waals surface area contributed by atoms with Crippen LogP contribution >= 0.6 is 0 Å². The van der Waals surface area contributed by atoms with E-state index in [0.717, 1.165) is 18.6 Å². The van der Waals surface area contributed by atoms with Gasteiger partial charge in [-0.2, -0.15) is 13.2 Å². The standard InChI is InChI=1S/C20H26F3NO4/c1-18(2,27-5)11-6-12-19(3)15(24-28-16(19)17(25)26-4)13-7-9-14(10-8-13)20(21,22)23/h7-10,16H,6,11-12H2,1-5H3. The molecule has 28 heavy (non-hydrogen) atoms. The quantitative estimate of drug-likeness (QED) is 0.628. The minimum atomic E-state index is -4.42. The largest absolute Gasteiger partial charge is 0.466 e. The third kappa shape index (κ3) is 4.66. The van der Waals surface area contributed by atoms with Gasteiger partial charge in [-0.15, -0.1) is 0 Å². The molecule has 156 valence electrons. The first-order valence-corrected chi connectivity index (χ1v) is 8.99. The van der Waals surface area contributed by atoms with Gasteiger partial charge in [-0.25, -0.2) is 4.79 Å². The highest BCUT2D eigenvalue weighted by Crippen LogP contribution is 2.41. The van der Waals surface area contributed by atoms with Gasteiger partial charge in [-0.1, -0.05) is 17.3 Å². The maximum absolute atomic E-state index is 12.8. The van der Waals surface area contributed by atoms with Crippen LogP contribution in [0, 0.1) is 5.41 Å². The summed E-state index contributed by atoms with van der Waals surface area (Å²) >= 11 is 0. The number of nitrogens with zero attached hydrogens (tertiary/aromatic N) is 1. The lowest BCUT2D eigenvalue weighted by molar-refractivity contribution is -0.157. The molecule has 0 radical (unpaired) electrons. The lowest BCUT2D eigenvalue weighted by Gasteiger charge is -2.30. The van der Waals surface area contributed by atoms with Crippen LogP contribution in [0.5, 0.6) is 0 Å². The molecule has 0 saturated heterocycles. The maximum atomic E-state index is 12.8. The van der Waals surface area contributed by atoms with Gasteiger partial charge in [0.25, 0.3) is 0 Å². The van der Waals surface area contributed by atoms with E-state index in [2.05, 4.69) is 5.16 Å². The summed E-state index contributed by atoms with van der Waals surface area (Å²) in [5.74, 6) is -0.570. The van der Waals surface area contributed by atoms with E-state index in [4.69, 9.17) is 14.3 Å². The van der Waals surface area contributed by atoms with Crippen LogP contribution in [0.3, 0.4) is 0 Å². The average molecular weight is 401 g/mol. The predicted molar refractivity (Wildman–Crippen MR) is 97.9 cm³/mol. The lowest BCUT2D eigenvalue weighted by Crippen LogP contribution is -2.42. The smallest absolute Gasteiger partial charge is 0.416 e. The molecule has 5 nitrogen and oxygen atoms in total. The van der Waals surface area contributed by atoms with Crippen molar-refractivity contribution in [3.8, 4) is 0 Å². The predicted octanol–water partition coefficient (Wildman–Crippen LogP) is 4.58. The Kier molecular flexibility index (Phi) is 6.43. The molecule has 2 atom stereocenters. The number of methoxy groups -OCH3 is 2. The Morgan fingerprint density at radius 3 is 2.32 bits per heavy atom. The summed E-state index contributed by atoms with van der Waals surface area (Å²) < 4.78 is 48.8. The van der Waals surface area contributed by atoms with Gasteiger partial charge in [-0.05, 0) is 52.2 Å². The van der Waals surface area contributed by atoms with Crippen LogP contribution in [0.25, 0.3) is 0 Å². The van der Waals surface area contributed by atoms with Gasteiger partial charge in [-0.3, -0.25) is 0 Å². The van der Waals surface area contributed by atoms with Crippen molar-refractivity contribution in [2.75, 3.05) is 14.2 Å². The Bertz CT molecular complexity index is 728. The zero-order chi connectivity index (χ0) is 21.2. The molecule has 1 aromatic rings. The number of hydrogen-bond donors (Lipinski definition) is 0. The second kappa shape index (κ2) is 8.11. The molecule has 0 N–H and O–H groups in total. The SMILES string of the molecule is COC(=O)C1ON=C(c2ccc(C(F)(F)F)cc2)C1(C)CCCC(C)(C)OC. The number of carbonyl (C=O) groups is 1. The third-order valence-electron chi connectivity index (χ3n) is 5.30. The normalized spacial score (nSPS) is 22.6. The molecule has 2 rings (SSSR count). The zero-order valence-electron chi connectivity index (χ0n) is 16.7. The number of hydrogen-bond acceptors (Lipinski definition) is 5. The Balaban J connectivity index is 2.29. The fourth-order valence-electron chi connectivity index (χ4n) is 3.29. The fraction of sp³-hybridized carbons (Fsp3) is 0.600.